The first-order chi connectivity index (χ1) is 17.8. The first-order valence-corrected chi connectivity index (χ1v) is 12.4. The summed E-state index contributed by atoms with van der Waals surface area (Å²) in [5, 5.41) is 47.5. The predicted molar refractivity (Wildman–Crippen MR) is 136 cm³/mol. The Morgan fingerprint density at radius 1 is 1.16 bits per heavy atom. The highest BCUT2D eigenvalue weighted by atomic mass is 16.3. The number of amides is 1. The van der Waals surface area contributed by atoms with Crippen LogP contribution in [-0.4, -0.2) is 49.0 Å². The van der Waals surface area contributed by atoms with Crippen molar-refractivity contribution in [3.63, 3.8) is 0 Å². The van der Waals surface area contributed by atoms with E-state index in [2.05, 4.69) is 5.32 Å². The lowest BCUT2D eigenvalue weighted by molar-refractivity contribution is -0.147. The first kappa shape index (κ1) is 25.7. The van der Waals surface area contributed by atoms with Gasteiger partial charge in [-0.1, -0.05) is 0 Å². The third-order valence-corrected chi connectivity index (χ3v) is 7.75. The van der Waals surface area contributed by atoms with Gasteiger partial charge in [0, 0.05) is 41.1 Å². The average molecular weight is 523 g/mol. The Hall–Kier alpha value is -3.89. The number of aliphatic hydroxyl groups is 3. The molecule has 1 aromatic heterocycles. The number of Topliss-reactive ketones (excluding diaryl/α,β-unsaturated/α-hetero) is 2. The van der Waals surface area contributed by atoms with Crippen molar-refractivity contribution in [3.8, 4) is 17.1 Å². The van der Waals surface area contributed by atoms with Crippen LogP contribution < -0.4 is 11.1 Å². The summed E-state index contributed by atoms with van der Waals surface area (Å²) in [5.41, 5.74) is 3.58. The molecule has 10 nitrogen and oxygen atoms in total. The molecule has 3 aliphatic carbocycles. The molecular formula is C28H30N2O8. The molecule has 0 aliphatic heterocycles. The molecule has 5 rings (SSSR count). The maximum absolute atomic E-state index is 13.6. The molecule has 38 heavy (non-hydrogen) atoms. The summed E-state index contributed by atoms with van der Waals surface area (Å²) in [6.45, 7) is 6.62. The molecule has 0 spiro atoms. The van der Waals surface area contributed by atoms with Crippen LogP contribution >= 0.6 is 0 Å². The fourth-order valence-electron chi connectivity index (χ4n) is 5.91. The number of carbonyl (C=O) groups is 3. The lowest BCUT2D eigenvalue weighted by Gasteiger charge is -2.46. The van der Waals surface area contributed by atoms with Crippen molar-refractivity contribution in [2.75, 3.05) is 0 Å². The summed E-state index contributed by atoms with van der Waals surface area (Å²) in [6, 6.07) is 4.91. The number of furan rings is 1. The number of carbonyl (C=O) groups excluding carboxylic acids is 3. The van der Waals surface area contributed by atoms with E-state index in [9.17, 15) is 34.8 Å². The van der Waals surface area contributed by atoms with Gasteiger partial charge in [-0.25, -0.2) is 0 Å². The standard InChI is InChI=1S/C28H30N2O8/c1-27(2,3)30-11-12-6-7-38-23(12)15-4-5-17(31)20-16(15)9-13-8-14-10-18(32)21(26(29)36)25(35)28(14,37)24(34)19(13)22(20)33/h4-7,13-14,30-31,33,35,37H,8-11H2,1-3H3,(H2,29,36)/t13-,14+,28+/m1/s1. The zero-order valence-corrected chi connectivity index (χ0v) is 21.3. The molecule has 10 heteroatoms. The number of hydrogen-bond donors (Lipinski definition) is 6. The van der Waals surface area contributed by atoms with Crippen LogP contribution in [0.2, 0.25) is 0 Å². The molecule has 1 saturated carbocycles. The second kappa shape index (κ2) is 8.57. The van der Waals surface area contributed by atoms with Gasteiger partial charge in [-0.05, 0) is 63.3 Å². The summed E-state index contributed by atoms with van der Waals surface area (Å²) < 4.78 is 5.82. The van der Waals surface area contributed by atoms with Gasteiger partial charge in [-0.3, -0.25) is 14.4 Å². The number of nitrogens with one attached hydrogen (secondary N) is 1. The normalized spacial score (nSPS) is 25.3. The zero-order valence-electron chi connectivity index (χ0n) is 21.3. The maximum atomic E-state index is 13.6. The number of aromatic hydroxyl groups is 1. The SMILES string of the molecule is CC(C)(C)NCc1ccoc1-c1ccc(O)c2c1C[C@H]1C[C@H]3CC(=O)C(C(N)=O)=C(O)[C@@]3(O)C(=O)C1=C2O. The van der Waals surface area contributed by atoms with E-state index in [1.54, 1.807) is 12.3 Å². The minimum Gasteiger partial charge on any atom is -0.508 e. The Morgan fingerprint density at radius 3 is 2.53 bits per heavy atom. The summed E-state index contributed by atoms with van der Waals surface area (Å²) in [7, 11) is 0. The highest BCUT2D eigenvalue weighted by molar-refractivity contribution is 6.22. The fourth-order valence-corrected chi connectivity index (χ4v) is 5.91. The van der Waals surface area contributed by atoms with Crippen molar-refractivity contribution in [1.29, 1.82) is 0 Å². The van der Waals surface area contributed by atoms with E-state index in [0.717, 1.165) is 5.56 Å². The number of phenolic OH excluding ortho intramolecular Hbond substituents is 1. The van der Waals surface area contributed by atoms with Gasteiger partial charge in [0.25, 0.3) is 5.91 Å². The van der Waals surface area contributed by atoms with Crippen LogP contribution in [0.5, 0.6) is 5.75 Å². The van der Waals surface area contributed by atoms with Crippen molar-refractivity contribution in [1.82, 2.24) is 5.32 Å². The Kier molecular flexibility index (Phi) is 5.81. The van der Waals surface area contributed by atoms with Crippen LogP contribution in [0.4, 0.5) is 0 Å². The fraction of sp³-hybridized carbons (Fsp3) is 0.393. The summed E-state index contributed by atoms with van der Waals surface area (Å²) in [6.07, 6.45) is 1.46. The van der Waals surface area contributed by atoms with Gasteiger partial charge in [-0.2, -0.15) is 0 Å². The Balaban J connectivity index is 1.64. The molecule has 0 unspecified atom stereocenters. The third kappa shape index (κ3) is 3.74. The molecule has 3 atom stereocenters. The molecule has 7 N–H and O–H groups in total. The van der Waals surface area contributed by atoms with E-state index in [1.807, 2.05) is 26.8 Å². The summed E-state index contributed by atoms with van der Waals surface area (Å²) in [5.74, 6) is -6.02. The minimum absolute atomic E-state index is 0.0285. The molecule has 1 fully saturated rings. The lowest BCUT2D eigenvalue weighted by atomic mass is 9.59. The number of phenols is 1. The van der Waals surface area contributed by atoms with Crippen LogP contribution in [-0.2, 0) is 27.3 Å². The van der Waals surface area contributed by atoms with Crippen molar-refractivity contribution in [3.05, 3.63) is 58.1 Å². The molecule has 3 aliphatic rings. The van der Waals surface area contributed by atoms with Crippen molar-refractivity contribution in [2.45, 2.75) is 57.7 Å². The topological polar surface area (TPSA) is 183 Å². The molecule has 0 radical (unpaired) electrons. The van der Waals surface area contributed by atoms with E-state index in [-0.39, 0.29) is 41.7 Å². The van der Waals surface area contributed by atoms with Crippen molar-refractivity contribution in [2.24, 2.45) is 17.6 Å². The van der Waals surface area contributed by atoms with Gasteiger partial charge >= 0.3 is 0 Å². The average Bonchev–Trinajstić information content (AvgIpc) is 3.28. The summed E-state index contributed by atoms with van der Waals surface area (Å²) >= 11 is 0. The zero-order chi connectivity index (χ0) is 27.7. The van der Waals surface area contributed by atoms with Gasteiger partial charge in [0.1, 0.15) is 28.6 Å². The number of nitrogens with two attached hydrogens (primary N) is 1. The Morgan fingerprint density at radius 2 is 1.87 bits per heavy atom. The Bertz CT molecular complexity index is 1460. The largest absolute Gasteiger partial charge is 0.508 e. The lowest BCUT2D eigenvalue weighted by Crippen LogP contribution is -2.58. The molecular weight excluding hydrogens is 492 g/mol. The van der Waals surface area contributed by atoms with Crippen LogP contribution in [0, 0.1) is 11.8 Å². The molecule has 1 heterocycles. The molecule has 0 bridgehead atoms. The van der Waals surface area contributed by atoms with Crippen molar-refractivity contribution < 1.29 is 39.2 Å². The molecule has 1 amide bonds. The number of fused-ring (bicyclic) bond motifs is 3. The predicted octanol–water partition coefficient (Wildman–Crippen LogP) is 2.57. The number of benzene rings is 1. The monoisotopic (exact) mass is 522 g/mol. The van der Waals surface area contributed by atoms with Gasteiger partial charge in [0.15, 0.2) is 11.4 Å². The van der Waals surface area contributed by atoms with Gasteiger partial charge in [-0.15, -0.1) is 0 Å². The van der Waals surface area contributed by atoms with E-state index in [1.165, 1.54) is 6.07 Å². The Labute approximate surface area is 218 Å². The highest BCUT2D eigenvalue weighted by Gasteiger charge is 2.60. The van der Waals surface area contributed by atoms with E-state index < -0.39 is 52.0 Å². The van der Waals surface area contributed by atoms with Crippen LogP contribution in [0.3, 0.4) is 0 Å². The number of hydrogen-bond acceptors (Lipinski definition) is 9. The second-order valence-corrected chi connectivity index (χ2v) is 11.3. The number of aliphatic hydroxyl groups excluding tert-OH is 2. The van der Waals surface area contributed by atoms with Crippen molar-refractivity contribution >= 4 is 23.2 Å². The molecule has 2 aromatic rings. The van der Waals surface area contributed by atoms with Crippen LogP contribution in [0.25, 0.3) is 17.1 Å². The van der Waals surface area contributed by atoms with E-state index in [0.29, 0.717) is 23.4 Å². The second-order valence-electron chi connectivity index (χ2n) is 11.3. The van der Waals surface area contributed by atoms with Gasteiger partial charge in [0.05, 0.1) is 11.8 Å². The van der Waals surface area contributed by atoms with E-state index in [4.69, 9.17) is 10.2 Å². The number of primary amides is 1. The maximum Gasteiger partial charge on any atom is 0.255 e. The molecule has 0 saturated heterocycles. The number of ketones is 2. The molecule has 1 aromatic carbocycles. The first-order valence-electron chi connectivity index (χ1n) is 12.4. The van der Waals surface area contributed by atoms with Crippen LogP contribution in [0.1, 0.15) is 50.3 Å². The third-order valence-electron chi connectivity index (χ3n) is 7.75. The van der Waals surface area contributed by atoms with Gasteiger partial charge < -0.3 is 35.9 Å². The minimum atomic E-state index is -2.59. The van der Waals surface area contributed by atoms with E-state index >= 15 is 0 Å². The van der Waals surface area contributed by atoms with Gasteiger partial charge in [0.2, 0.25) is 5.78 Å². The highest BCUT2D eigenvalue weighted by Crippen LogP contribution is 2.53. The number of rotatable bonds is 4. The smallest absolute Gasteiger partial charge is 0.255 e. The quantitative estimate of drug-likeness (QED) is 0.329. The molecule has 200 valence electrons. The summed E-state index contributed by atoms with van der Waals surface area (Å²) in [4.78, 5) is 38.0. The van der Waals surface area contributed by atoms with Crippen LogP contribution in [0.15, 0.2) is 45.8 Å².